The van der Waals surface area contributed by atoms with Crippen LogP contribution in [-0.2, 0) is 16.2 Å². The molecule has 3 fully saturated rings. The van der Waals surface area contributed by atoms with Crippen molar-refractivity contribution in [3.8, 4) is 0 Å². The maximum absolute atomic E-state index is 13.7. The molecule has 0 radical (unpaired) electrons. The van der Waals surface area contributed by atoms with E-state index in [9.17, 15) is 18.1 Å². The van der Waals surface area contributed by atoms with Crippen molar-refractivity contribution in [1.29, 1.82) is 0 Å². The zero-order valence-corrected chi connectivity index (χ0v) is 19.0. The molecular formula is C20H28ClF2N4O2S+. The van der Waals surface area contributed by atoms with Crippen molar-refractivity contribution >= 4 is 34.7 Å². The zero-order valence-electron chi connectivity index (χ0n) is 17.4. The van der Waals surface area contributed by atoms with Crippen molar-refractivity contribution < 1.29 is 18.1 Å². The summed E-state index contributed by atoms with van der Waals surface area (Å²) in [5.74, 6) is -0.174. The lowest BCUT2D eigenvalue weighted by molar-refractivity contribution is -0.127. The van der Waals surface area contributed by atoms with Gasteiger partial charge in [0.15, 0.2) is 10.8 Å². The Kier molecular flexibility index (Phi) is 6.02. The van der Waals surface area contributed by atoms with E-state index in [0.717, 1.165) is 12.8 Å². The molecule has 2 unspecified atom stereocenters. The number of rotatable bonds is 5. The SMILES string of the molecule is CC(C)C1[C@@H]2CC[C@@]1(C[S+](O)N1CCN(c3nc(F)c(Cl)c(F)n3)[C@H](C)C1)C(=O)C2. The Morgan fingerprint density at radius 3 is 2.53 bits per heavy atom. The van der Waals surface area contributed by atoms with Gasteiger partial charge in [0.2, 0.25) is 29.2 Å². The van der Waals surface area contributed by atoms with Gasteiger partial charge in [0, 0.05) is 19.0 Å². The smallest absolute Gasteiger partial charge is 0.239 e. The molecule has 0 aromatic carbocycles. The van der Waals surface area contributed by atoms with Gasteiger partial charge in [0.1, 0.15) is 5.78 Å². The van der Waals surface area contributed by atoms with Crippen molar-refractivity contribution in [2.75, 3.05) is 30.3 Å². The van der Waals surface area contributed by atoms with Gasteiger partial charge in [-0.1, -0.05) is 29.8 Å². The molecule has 1 saturated heterocycles. The van der Waals surface area contributed by atoms with Gasteiger partial charge in [-0.2, -0.15) is 23.3 Å². The van der Waals surface area contributed by atoms with E-state index in [1.54, 1.807) is 4.90 Å². The number of carbonyl (C=O) groups excluding carboxylic acids is 1. The van der Waals surface area contributed by atoms with Crippen molar-refractivity contribution in [2.24, 2.45) is 23.2 Å². The van der Waals surface area contributed by atoms with Gasteiger partial charge < -0.3 is 4.90 Å². The van der Waals surface area contributed by atoms with E-state index >= 15 is 0 Å². The lowest BCUT2D eigenvalue weighted by atomic mass is 9.75. The van der Waals surface area contributed by atoms with Crippen LogP contribution in [0.15, 0.2) is 0 Å². The number of hydrogen-bond donors (Lipinski definition) is 1. The summed E-state index contributed by atoms with van der Waals surface area (Å²) in [4.78, 5) is 21.9. The Morgan fingerprint density at radius 1 is 1.30 bits per heavy atom. The number of fused-ring (bicyclic) bond motifs is 2. The lowest BCUT2D eigenvalue weighted by Crippen LogP contribution is -2.56. The first-order chi connectivity index (χ1) is 14.1. The van der Waals surface area contributed by atoms with Crippen molar-refractivity contribution in [1.82, 2.24) is 14.3 Å². The molecular weight excluding hydrogens is 434 g/mol. The molecule has 1 aliphatic heterocycles. The molecule has 2 saturated carbocycles. The fourth-order valence-electron chi connectivity index (χ4n) is 5.91. The summed E-state index contributed by atoms with van der Waals surface area (Å²) in [6, 6.07) is -0.158. The predicted octanol–water partition coefficient (Wildman–Crippen LogP) is 3.57. The molecule has 0 amide bonds. The molecule has 5 atom stereocenters. The molecule has 30 heavy (non-hydrogen) atoms. The predicted molar refractivity (Wildman–Crippen MR) is 113 cm³/mol. The summed E-state index contributed by atoms with van der Waals surface area (Å²) in [7, 11) is 0. The molecule has 0 spiro atoms. The fourth-order valence-corrected chi connectivity index (χ4v) is 7.82. The number of hydrogen-bond acceptors (Lipinski definition) is 6. The van der Waals surface area contributed by atoms with Crippen LogP contribution >= 0.6 is 11.6 Å². The largest absolute Gasteiger partial charge is 0.335 e. The second-order valence-corrected chi connectivity index (χ2v) is 11.0. The molecule has 3 aliphatic rings. The van der Waals surface area contributed by atoms with Gasteiger partial charge in [-0.3, -0.25) is 4.79 Å². The van der Waals surface area contributed by atoms with Crippen LogP contribution in [0.3, 0.4) is 0 Å². The lowest BCUT2D eigenvalue weighted by Gasteiger charge is -2.38. The summed E-state index contributed by atoms with van der Waals surface area (Å²) in [5.41, 5.74) is -0.400. The third-order valence-electron chi connectivity index (χ3n) is 7.12. The van der Waals surface area contributed by atoms with Gasteiger partial charge in [-0.15, -0.1) is 0 Å². The molecule has 1 aromatic heterocycles. The molecule has 2 bridgehead atoms. The third kappa shape index (κ3) is 3.61. The number of Topliss-reactive ketones (excluding diaryl/α,β-unsaturated/α-hetero) is 1. The minimum absolute atomic E-state index is 0.0394. The molecule has 6 nitrogen and oxygen atoms in total. The third-order valence-corrected chi connectivity index (χ3v) is 9.13. The Balaban J connectivity index is 1.45. The summed E-state index contributed by atoms with van der Waals surface area (Å²) < 4.78 is 40.6. The van der Waals surface area contributed by atoms with Gasteiger partial charge >= 0.3 is 0 Å². The standard InChI is InChI=1S/C20H28ClF2N4O2S/c1-11(2)15-13-4-5-20(15,14(28)8-13)10-30(29)26-6-7-27(12(3)9-26)19-24-17(22)16(21)18(23)25-19/h11-13,15,29H,4-10H2,1-3H3/q+1/t12-,13-,15?,20-,30?/m1/s1. The highest BCUT2D eigenvalue weighted by molar-refractivity contribution is 7.89. The molecule has 2 aliphatic carbocycles. The molecule has 2 heterocycles. The van der Waals surface area contributed by atoms with Gasteiger partial charge in [0.25, 0.3) is 0 Å². The Bertz CT molecular complexity index is 824. The van der Waals surface area contributed by atoms with Gasteiger partial charge in [-0.05, 0) is 37.5 Å². The second kappa shape index (κ2) is 8.15. The number of halogens is 3. The van der Waals surface area contributed by atoms with Crippen LogP contribution in [0.25, 0.3) is 0 Å². The molecule has 166 valence electrons. The average molecular weight is 462 g/mol. The van der Waals surface area contributed by atoms with E-state index in [1.807, 2.05) is 11.2 Å². The van der Waals surface area contributed by atoms with Crippen molar-refractivity contribution in [2.45, 2.75) is 46.1 Å². The quantitative estimate of drug-likeness (QED) is 0.534. The van der Waals surface area contributed by atoms with Crippen LogP contribution in [0.5, 0.6) is 0 Å². The van der Waals surface area contributed by atoms with Crippen LogP contribution in [-0.4, -0.2) is 56.0 Å². The van der Waals surface area contributed by atoms with Crippen LogP contribution < -0.4 is 4.90 Å². The monoisotopic (exact) mass is 461 g/mol. The summed E-state index contributed by atoms with van der Waals surface area (Å²) in [6.07, 6.45) is 2.59. The highest BCUT2D eigenvalue weighted by atomic mass is 35.5. The minimum Gasteiger partial charge on any atom is -0.335 e. The number of anilines is 1. The number of piperazine rings is 1. The number of ketones is 1. The Labute approximate surface area is 183 Å². The van der Waals surface area contributed by atoms with E-state index < -0.39 is 33.7 Å². The molecule has 1 N–H and O–H groups in total. The summed E-state index contributed by atoms with van der Waals surface area (Å²) in [5, 5.41) is -0.711. The molecule has 10 heteroatoms. The highest BCUT2D eigenvalue weighted by Gasteiger charge is 2.63. The average Bonchev–Trinajstić information content (AvgIpc) is 3.17. The Morgan fingerprint density at radius 2 is 1.97 bits per heavy atom. The number of carbonyl (C=O) groups is 1. The zero-order chi connectivity index (χ0) is 21.8. The summed E-state index contributed by atoms with van der Waals surface area (Å²) in [6.45, 7) is 7.67. The van der Waals surface area contributed by atoms with Crippen molar-refractivity contribution in [3.63, 3.8) is 0 Å². The topological polar surface area (TPSA) is 69.6 Å². The minimum atomic E-state index is -1.08. The maximum Gasteiger partial charge on any atom is 0.239 e. The number of nitrogens with zero attached hydrogens (tertiary/aromatic N) is 4. The van der Waals surface area contributed by atoms with Gasteiger partial charge in [0.05, 0.1) is 18.5 Å². The summed E-state index contributed by atoms with van der Waals surface area (Å²) >= 11 is 4.44. The van der Waals surface area contributed by atoms with E-state index in [-0.39, 0.29) is 12.0 Å². The fraction of sp³-hybridized carbons (Fsp3) is 0.750. The Hall–Kier alpha value is -1.03. The van der Waals surface area contributed by atoms with Crippen LogP contribution in [0.4, 0.5) is 14.7 Å². The molecule has 4 rings (SSSR count). The normalized spacial score (nSPS) is 33.0. The van der Waals surface area contributed by atoms with Crippen LogP contribution in [0.2, 0.25) is 5.02 Å². The van der Waals surface area contributed by atoms with Gasteiger partial charge in [-0.25, -0.2) is 0 Å². The first-order valence-electron chi connectivity index (χ1n) is 10.5. The highest BCUT2D eigenvalue weighted by Crippen LogP contribution is 2.59. The van der Waals surface area contributed by atoms with E-state index in [4.69, 9.17) is 11.6 Å². The van der Waals surface area contributed by atoms with E-state index in [2.05, 4.69) is 23.8 Å². The second-order valence-electron chi connectivity index (χ2n) is 9.19. The maximum atomic E-state index is 13.7. The van der Waals surface area contributed by atoms with Crippen molar-refractivity contribution in [3.05, 3.63) is 16.9 Å². The first-order valence-corrected chi connectivity index (χ1v) is 12.2. The van der Waals surface area contributed by atoms with E-state index in [1.165, 1.54) is 0 Å². The van der Waals surface area contributed by atoms with Crippen LogP contribution in [0, 0.1) is 35.1 Å². The van der Waals surface area contributed by atoms with Crippen LogP contribution in [0.1, 0.15) is 40.0 Å². The first kappa shape index (κ1) is 22.2. The molecule has 1 aromatic rings. The van der Waals surface area contributed by atoms with E-state index in [0.29, 0.717) is 55.3 Å². The number of aromatic nitrogens is 2.